The van der Waals surface area contributed by atoms with E-state index in [0.717, 1.165) is 12.8 Å². The summed E-state index contributed by atoms with van der Waals surface area (Å²) in [5, 5.41) is 0. The molecule has 3 N–H and O–H groups in total. The number of ether oxygens (including phenoxy) is 1. The van der Waals surface area contributed by atoms with Crippen LogP contribution >= 0.6 is 0 Å². The predicted molar refractivity (Wildman–Crippen MR) is 59.0 cm³/mol. The maximum absolute atomic E-state index is 5.77. The SMILES string of the molecule is Nc1nc(OC2CCCC2)nc2nc[nH]c12. The number of nitrogen functional groups attached to an aromatic ring is 1. The van der Waals surface area contributed by atoms with Crippen molar-refractivity contribution < 1.29 is 4.74 Å². The molecule has 2 aromatic heterocycles. The molecule has 0 amide bonds. The normalized spacial score (nSPS) is 17.0. The molecule has 0 bridgehead atoms. The first-order valence-electron chi connectivity index (χ1n) is 5.46. The van der Waals surface area contributed by atoms with Gasteiger partial charge in [0.1, 0.15) is 11.6 Å². The van der Waals surface area contributed by atoms with Crippen molar-refractivity contribution in [3.05, 3.63) is 6.33 Å². The first-order valence-corrected chi connectivity index (χ1v) is 5.46. The van der Waals surface area contributed by atoms with Gasteiger partial charge in [0.05, 0.1) is 6.33 Å². The number of nitrogens with zero attached hydrogens (tertiary/aromatic N) is 3. The number of imidazole rings is 1. The summed E-state index contributed by atoms with van der Waals surface area (Å²) in [6, 6.07) is 0.337. The van der Waals surface area contributed by atoms with Crippen molar-refractivity contribution in [2.75, 3.05) is 5.73 Å². The predicted octanol–water partition coefficient (Wildman–Crippen LogP) is 1.26. The summed E-state index contributed by atoms with van der Waals surface area (Å²) in [5.74, 6) is 0.385. The van der Waals surface area contributed by atoms with Crippen molar-refractivity contribution >= 4 is 17.0 Å². The van der Waals surface area contributed by atoms with Crippen molar-refractivity contribution in [3.8, 4) is 6.01 Å². The second-order valence-corrected chi connectivity index (χ2v) is 4.02. The van der Waals surface area contributed by atoms with Crippen LogP contribution in [0.25, 0.3) is 11.2 Å². The fourth-order valence-corrected chi connectivity index (χ4v) is 2.04. The highest BCUT2D eigenvalue weighted by Crippen LogP contribution is 2.23. The Morgan fingerprint density at radius 3 is 2.94 bits per heavy atom. The molecular weight excluding hydrogens is 206 g/mol. The van der Waals surface area contributed by atoms with Gasteiger partial charge in [-0.15, -0.1) is 0 Å². The molecule has 16 heavy (non-hydrogen) atoms. The standard InChI is InChI=1S/C10H13N5O/c11-8-7-9(13-5-12-7)15-10(14-8)16-6-3-1-2-4-6/h5-6H,1-4H2,(H3,11,12,13,14,15). The van der Waals surface area contributed by atoms with Crippen LogP contribution in [0, 0.1) is 0 Å². The molecule has 1 aliphatic rings. The minimum absolute atomic E-state index is 0.232. The summed E-state index contributed by atoms with van der Waals surface area (Å²) in [6.07, 6.45) is 6.35. The summed E-state index contributed by atoms with van der Waals surface area (Å²) in [7, 11) is 0. The lowest BCUT2D eigenvalue weighted by atomic mass is 10.3. The lowest BCUT2D eigenvalue weighted by Crippen LogP contribution is -2.13. The second-order valence-electron chi connectivity index (χ2n) is 4.02. The third-order valence-electron chi connectivity index (χ3n) is 2.87. The van der Waals surface area contributed by atoms with Crippen LogP contribution in [0.1, 0.15) is 25.7 Å². The van der Waals surface area contributed by atoms with Gasteiger partial charge in [-0.25, -0.2) is 4.98 Å². The maximum Gasteiger partial charge on any atom is 0.320 e. The van der Waals surface area contributed by atoms with E-state index in [0.29, 0.717) is 23.0 Å². The topological polar surface area (TPSA) is 89.7 Å². The first kappa shape index (κ1) is 9.38. The highest BCUT2D eigenvalue weighted by Gasteiger charge is 2.18. The van der Waals surface area contributed by atoms with Crippen molar-refractivity contribution in [2.24, 2.45) is 0 Å². The summed E-state index contributed by atoms with van der Waals surface area (Å²) >= 11 is 0. The molecule has 0 aromatic carbocycles. The van der Waals surface area contributed by atoms with Gasteiger partial charge in [0.25, 0.3) is 0 Å². The van der Waals surface area contributed by atoms with Crippen molar-refractivity contribution in [1.29, 1.82) is 0 Å². The minimum Gasteiger partial charge on any atom is -0.460 e. The van der Waals surface area contributed by atoms with E-state index in [1.54, 1.807) is 6.33 Å². The maximum atomic E-state index is 5.77. The minimum atomic E-state index is 0.232. The summed E-state index contributed by atoms with van der Waals surface area (Å²) in [6.45, 7) is 0. The van der Waals surface area contributed by atoms with Crippen LogP contribution < -0.4 is 10.5 Å². The van der Waals surface area contributed by atoms with Crippen LogP contribution in [0.5, 0.6) is 6.01 Å². The van der Waals surface area contributed by atoms with E-state index in [2.05, 4.69) is 19.9 Å². The molecule has 1 saturated carbocycles. The number of hydrogen-bond acceptors (Lipinski definition) is 5. The highest BCUT2D eigenvalue weighted by atomic mass is 16.5. The van der Waals surface area contributed by atoms with E-state index >= 15 is 0 Å². The van der Waals surface area contributed by atoms with Gasteiger partial charge in [-0.3, -0.25) is 0 Å². The van der Waals surface area contributed by atoms with Crippen LogP contribution in [0.15, 0.2) is 6.33 Å². The van der Waals surface area contributed by atoms with Gasteiger partial charge in [0.15, 0.2) is 11.5 Å². The lowest BCUT2D eigenvalue weighted by Gasteiger charge is -2.10. The molecule has 0 atom stereocenters. The van der Waals surface area contributed by atoms with Crippen LogP contribution in [0.4, 0.5) is 5.82 Å². The molecule has 0 unspecified atom stereocenters. The second kappa shape index (κ2) is 3.62. The van der Waals surface area contributed by atoms with Crippen LogP contribution in [-0.2, 0) is 0 Å². The molecule has 2 aromatic rings. The largest absolute Gasteiger partial charge is 0.460 e. The Kier molecular flexibility index (Phi) is 2.12. The van der Waals surface area contributed by atoms with Gasteiger partial charge in [-0.1, -0.05) is 0 Å². The van der Waals surface area contributed by atoms with Gasteiger partial charge >= 0.3 is 6.01 Å². The Morgan fingerprint density at radius 2 is 2.12 bits per heavy atom. The number of hydrogen-bond donors (Lipinski definition) is 2. The number of H-pyrrole nitrogens is 1. The Bertz CT molecular complexity index is 503. The van der Waals surface area contributed by atoms with E-state index < -0.39 is 0 Å². The molecule has 6 heteroatoms. The number of nitrogens with one attached hydrogen (secondary N) is 1. The zero-order valence-corrected chi connectivity index (χ0v) is 8.81. The zero-order chi connectivity index (χ0) is 11.0. The van der Waals surface area contributed by atoms with E-state index in [1.165, 1.54) is 12.8 Å². The Balaban J connectivity index is 1.91. The van der Waals surface area contributed by atoms with Crippen molar-refractivity contribution in [2.45, 2.75) is 31.8 Å². The number of aromatic nitrogens is 4. The molecule has 0 spiro atoms. The molecule has 3 rings (SSSR count). The van der Waals surface area contributed by atoms with Gasteiger partial charge in [-0.2, -0.15) is 9.97 Å². The smallest absolute Gasteiger partial charge is 0.320 e. The summed E-state index contributed by atoms with van der Waals surface area (Å²) < 4.78 is 5.68. The molecule has 0 saturated heterocycles. The third-order valence-corrected chi connectivity index (χ3v) is 2.87. The monoisotopic (exact) mass is 219 g/mol. The Labute approximate surface area is 92.3 Å². The zero-order valence-electron chi connectivity index (χ0n) is 8.81. The van der Waals surface area contributed by atoms with Crippen molar-refractivity contribution in [1.82, 2.24) is 19.9 Å². The first-order chi connectivity index (χ1) is 7.83. The van der Waals surface area contributed by atoms with E-state index in [4.69, 9.17) is 10.5 Å². The van der Waals surface area contributed by atoms with Gasteiger partial charge in [-0.05, 0) is 25.7 Å². The number of aromatic amines is 1. The van der Waals surface area contributed by atoms with Gasteiger partial charge in [0.2, 0.25) is 0 Å². The van der Waals surface area contributed by atoms with Crippen molar-refractivity contribution in [3.63, 3.8) is 0 Å². The number of rotatable bonds is 2. The van der Waals surface area contributed by atoms with Crippen LogP contribution in [0.2, 0.25) is 0 Å². The van der Waals surface area contributed by atoms with E-state index in [9.17, 15) is 0 Å². The fraction of sp³-hybridized carbons (Fsp3) is 0.500. The fourth-order valence-electron chi connectivity index (χ4n) is 2.04. The highest BCUT2D eigenvalue weighted by molar-refractivity contribution is 5.81. The number of nitrogens with two attached hydrogens (primary N) is 1. The molecule has 0 aliphatic heterocycles. The quantitative estimate of drug-likeness (QED) is 0.793. The average molecular weight is 219 g/mol. The molecular formula is C10H13N5O. The molecule has 1 fully saturated rings. The lowest BCUT2D eigenvalue weighted by molar-refractivity contribution is 0.193. The number of fused-ring (bicyclic) bond motifs is 1. The van der Waals surface area contributed by atoms with E-state index in [1.807, 2.05) is 0 Å². The van der Waals surface area contributed by atoms with Crippen LogP contribution in [-0.4, -0.2) is 26.0 Å². The Morgan fingerprint density at radius 1 is 1.31 bits per heavy atom. The molecule has 2 heterocycles. The number of anilines is 1. The molecule has 6 nitrogen and oxygen atoms in total. The van der Waals surface area contributed by atoms with Gasteiger partial charge < -0.3 is 15.5 Å². The molecule has 84 valence electrons. The van der Waals surface area contributed by atoms with Gasteiger partial charge in [0, 0.05) is 0 Å². The average Bonchev–Trinajstić information content (AvgIpc) is 2.87. The summed E-state index contributed by atoms with van der Waals surface area (Å²) in [5.41, 5.74) is 6.99. The van der Waals surface area contributed by atoms with E-state index in [-0.39, 0.29) is 6.10 Å². The molecule has 1 aliphatic carbocycles. The molecule has 0 radical (unpaired) electrons. The van der Waals surface area contributed by atoms with Crippen LogP contribution in [0.3, 0.4) is 0 Å². The summed E-state index contributed by atoms with van der Waals surface area (Å²) in [4.78, 5) is 15.3. The third kappa shape index (κ3) is 1.56. The Hall–Kier alpha value is -1.85.